The van der Waals surface area contributed by atoms with Crippen LogP contribution in [0.1, 0.15) is 5.69 Å². The van der Waals surface area contributed by atoms with Crippen LogP contribution in [0.25, 0.3) is 21.8 Å². The Morgan fingerprint density at radius 2 is 1.97 bits per heavy atom. The first kappa shape index (κ1) is 19.6. The molecule has 4 aromatic rings. The highest BCUT2D eigenvalue weighted by atomic mass is 32.1. The Hall–Kier alpha value is -2.75. The molecular weight excluding hydrogens is 426 g/mol. The van der Waals surface area contributed by atoms with E-state index in [1.807, 2.05) is 45.8 Å². The number of nitrogens with one attached hydrogen (secondary N) is 1. The van der Waals surface area contributed by atoms with Crippen LogP contribution in [0, 0.1) is 0 Å². The summed E-state index contributed by atoms with van der Waals surface area (Å²) in [7, 11) is 3.22. The molecular formula is C20H17N3O3S3. The van der Waals surface area contributed by atoms with Crippen molar-refractivity contribution in [3.63, 3.8) is 0 Å². The number of amides is 1. The molecule has 0 atom stereocenters. The molecule has 6 nitrogen and oxygen atoms in total. The van der Waals surface area contributed by atoms with Crippen LogP contribution < -0.4 is 14.8 Å². The second kappa shape index (κ2) is 8.73. The Morgan fingerprint density at radius 1 is 1.07 bits per heavy atom. The quantitative estimate of drug-likeness (QED) is 0.425. The lowest BCUT2D eigenvalue weighted by atomic mass is 10.1. The van der Waals surface area contributed by atoms with Gasteiger partial charge in [-0.25, -0.2) is 9.97 Å². The second-order valence-electron chi connectivity index (χ2n) is 5.99. The maximum Gasteiger partial charge on any atom is 0.232 e. The molecule has 0 aliphatic rings. The molecule has 0 saturated carbocycles. The van der Waals surface area contributed by atoms with Crippen molar-refractivity contribution in [2.24, 2.45) is 0 Å². The van der Waals surface area contributed by atoms with Crippen molar-refractivity contribution in [2.45, 2.75) is 6.42 Å². The molecule has 4 rings (SSSR count). The van der Waals surface area contributed by atoms with Crippen LogP contribution >= 0.6 is 34.0 Å². The number of benzene rings is 1. The van der Waals surface area contributed by atoms with Crippen LogP contribution in [0.3, 0.4) is 0 Å². The van der Waals surface area contributed by atoms with Crippen LogP contribution in [0.2, 0.25) is 0 Å². The minimum absolute atomic E-state index is 0.148. The summed E-state index contributed by atoms with van der Waals surface area (Å²) in [4.78, 5) is 21.5. The Morgan fingerprint density at radius 3 is 2.72 bits per heavy atom. The number of thiophene rings is 1. The molecule has 0 spiro atoms. The first-order chi connectivity index (χ1) is 14.2. The maximum atomic E-state index is 12.4. The number of hydrogen-bond donors (Lipinski definition) is 1. The number of carbonyl (C=O) groups is 1. The van der Waals surface area contributed by atoms with Crippen LogP contribution in [0.4, 0.5) is 5.13 Å². The summed E-state index contributed by atoms with van der Waals surface area (Å²) in [5, 5.41) is 12.2. The highest BCUT2D eigenvalue weighted by Gasteiger charge is 2.14. The average Bonchev–Trinajstić information content (AvgIpc) is 3.49. The minimum Gasteiger partial charge on any atom is -0.497 e. The zero-order chi connectivity index (χ0) is 20.2. The molecule has 1 amide bonds. The van der Waals surface area contributed by atoms with Gasteiger partial charge in [0.1, 0.15) is 16.5 Å². The second-order valence-corrected chi connectivity index (χ2v) is 8.48. The molecule has 0 unspecified atom stereocenters. The number of thiazole rings is 2. The fraction of sp³-hybridized carbons (Fsp3) is 0.150. The number of nitrogens with zero attached hydrogens (tertiary/aromatic N) is 2. The van der Waals surface area contributed by atoms with Crippen LogP contribution in [-0.4, -0.2) is 30.1 Å². The fourth-order valence-electron chi connectivity index (χ4n) is 2.70. The zero-order valence-electron chi connectivity index (χ0n) is 15.7. The van der Waals surface area contributed by atoms with Crippen molar-refractivity contribution in [3.05, 3.63) is 51.5 Å². The highest BCUT2D eigenvalue weighted by Crippen LogP contribution is 2.35. The van der Waals surface area contributed by atoms with Gasteiger partial charge in [-0.3, -0.25) is 4.79 Å². The monoisotopic (exact) mass is 443 g/mol. The number of anilines is 1. The van der Waals surface area contributed by atoms with Crippen molar-refractivity contribution in [2.75, 3.05) is 19.5 Å². The average molecular weight is 444 g/mol. The lowest BCUT2D eigenvalue weighted by Crippen LogP contribution is -2.14. The summed E-state index contributed by atoms with van der Waals surface area (Å²) in [5.41, 5.74) is 3.36. The first-order valence-corrected chi connectivity index (χ1v) is 11.3. The van der Waals surface area contributed by atoms with Crippen molar-refractivity contribution >= 4 is 45.0 Å². The van der Waals surface area contributed by atoms with Crippen LogP contribution in [-0.2, 0) is 11.2 Å². The van der Waals surface area contributed by atoms with Gasteiger partial charge in [0.15, 0.2) is 5.13 Å². The maximum absolute atomic E-state index is 12.4. The van der Waals surface area contributed by atoms with E-state index in [4.69, 9.17) is 9.47 Å². The van der Waals surface area contributed by atoms with E-state index >= 15 is 0 Å². The lowest BCUT2D eigenvalue weighted by Gasteiger charge is -2.08. The van der Waals surface area contributed by atoms with E-state index in [2.05, 4.69) is 15.3 Å². The van der Waals surface area contributed by atoms with E-state index in [9.17, 15) is 4.79 Å². The molecule has 3 heterocycles. The summed E-state index contributed by atoms with van der Waals surface area (Å²) in [6, 6.07) is 7.55. The third-order valence-corrected chi connectivity index (χ3v) is 6.48. The third-order valence-electron chi connectivity index (χ3n) is 4.09. The van der Waals surface area contributed by atoms with Crippen molar-refractivity contribution in [1.82, 2.24) is 9.97 Å². The number of rotatable bonds is 7. The van der Waals surface area contributed by atoms with E-state index in [1.165, 1.54) is 11.3 Å². The minimum atomic E-state index is -0.148. The summed E-state index contributed by atoms with van der Waals surface area (Å²) >= 11 is 4.53. The Labute approximate surface area is 179 Å². The van der Waals surface area contributed by atoms with Gasteiger partial charge in [-0.15, -0.1) is 22.7 Å². The number of carbonyl (C=O) groups excluding carboxylic acids is 1. The summed E-state index contributed by atoms with van der Waals surface area (Å²) < 4.78 is 10.7. The van der Waals surface area contributed by atoms with Gasteiger partial charge in [0.2, 0.25) is 5.91 Å². The normalized spacial score (nSPS) is 10.7. The van der Waals surface area contributed by atoms with Crippen LogP contribution in [0.15, 0.2) is 45.8 Å². The Bertz CT molecular complexity index is 1120. The van der Waals surface area contributed by atoms with E-state index in [0.717, 1.165) is 27.5 Å². The predicted molar refractivity (Wildman–Crippen MR) is 118 cm³/mol. The molecule has 3 aromatic heterocycles. The van der Waals surface area contributed by atoms with Gasteiger partial charge in [-0.1, -0.05) is 0 Å². The van der Waals surface area contributed by atoms with Crippen molar-refractivity contribution in [3.8, 4) is 33.3 Å². The Kier molecular flexibility index (Phi) is 5.89. The summed E-state index contributed by atoms with van der Waals surface area (Å²) in [5.74, 6) is 1.26. The van der Waals surface area contributed by atoms with E-state index in [1.54, 1.807) is 36.9 Å². The van der Waals surface area contributed by atoms with E-state index in [-0.39, 0.29) is 12.3 Å². The fourth-order valence-corrected chi connectivity index (χ4v) is 4.96. The molecule has 1 N–H and O–H groups in total. The van der Waals surface area contributed by atoms with Crippen LogP contribution in [0.5, 0.6) is 11.5 Å². The lowest BCUT2D eigenvalue weighted by molar-refractivity contribution is -0.115. The molecule has 148 valence electrons. The molecule has 29 heavy (non-hydrogen) atoms. The molecule has 0 radical (unpaired) electrons. The van der Waals surface area contributed by atoms with Gasteiger partial charge in [0.05, 0.1) is 32.0 Å². The number of aromatic nitrogens is 2. The van der Waals surface area contributed by atoms with E-state index in [0.29, 0.717) is 16.6 Å². The van der Waals surface area contributed by atoms with E-state index < -0.39 is 0 Å². The highest BCUT2D eigenvalue weighted by molar-refractivity contribution is 7.14. The van der Waals surface area contributed by atoms with Gasteiger partial charge >= 0.3 is 0 Å². The predicted octanol–water partition coefficient (Wildman–Crippen LogP) is 5.19. The SMILES string of the molecule is COc1ccc(OC)c(-c2csc(NC(=O)Cc3csc(-c4ccsc4)n3)n2)c1. The smallest absolute Gasteiger partial charge is 0.232 e. The third kappa shape index (κ3) is 4.47. The zero-order valence-corrected chi connectivity index (χ0v) is 18.1. The number of hydrogen-bond acceptors (Lipinski definition) is 8. The molecule has 0 aliphatic heterocycles. The molecule has 0 aliphatic carbocycles. The Balaban J connectivity index is 1.45. The molecule has 9 heteroatoms. The van der Waals surface area contributed by atoms with Gasteiger partial charge < -0.3 is 14.8 Å². The van der Waals surface area contributed by atoms with Gasteiger partial charge in [-0.05, 0) is 29.6 Å². The number of ether oxygens (including phenoxy) is 2. The van der Waals surface area contributed by atoms with Gasteiger partial charge in [-0.2, -0.15) is 11.3 Å². The molecule has 0 fully saturated rings. The molecule has 0 bridgehead atoms. The first-order valence-electron chi connectivity index (χ1n) is 8.61. The summed E-state index contributed by atoms with van der Waals surface area (Å²) in [6.45, 7) is 0. The van der Waals surface area contributed by atoms with Crippen molar-refractivity contribution in [1.29, 1.82) is 0 Å². The largest absolute Gasteiger partial charge is 0.497 e. The molecule has 0 saturated heterocycles. The summed E-state index contributed by atoms with van der Waals surface area (Å²) in [6.07, 6.45) is 0.206. The van der Waals surface area contributed by atoms with Gasteiger partial charge in [0.25, 0.3) is 0 Å². The standard InChI is InChI=1S/C20H17N3O3S3/c1-25-14-3-4-17(26-2)15(8-14)16-11-29-20(22-16)23-18(24)7-13-10-28-19(21-13)12-5-6-27-9-12/h3-6,8-11H,7H2,1-2H3,(H,22,23,24). The van der Waals surface area contributed by atoms with Gasteiger partial charge in [0, 0.05) is 27.3 Å². The molecule has 1 aromatic carbocycles. The van der Waals surface area contributed by atoms with Crippen molar-refractivity contribution < 1.29 is 14.3 Å². The topological polar surface area (TPSA) is 73.3 Å². The number of methoxy groups -OCH3 is 2.